The zero-order valence-electron chi connectivity index (χ0n) is 60.6. The third-order valence-corrected chi connectivity index (χ3v) is 19.5. The summed E-state index contributed by atoms with van der Waals surface area (Å²) in [7, 11) is -9.91. The van der Waals surface area contributed by atoms with Crippen molar-refractivity contribution in [1.82, 2.24) is 0 Å². The molecule has 0 aromatic rings. The Bertz CT molecular complexity index is 1810. The minimum atomic E-state index is -4.96. The van der Waals surface area contributed by atoms with Crippen LogP contribution in [0.2, 0.25) is 0 Å². The van der Waals surface area contributed by atoms with E-state index in [1.165, 1.54) is 193 Å². The topological polar surface area (TPSA) is 237 Å². The molecule has 0 saturated heterocycles. The van der Waals surface area contributed by atoms with Crippen LogP contribution in [0.4, 0.5) is 0 Å². The van der Waals surface area contributed by atoms with Gasteiger partial charge in [0.25, 0.3) is 0 Å². The maximum absolute atomic E-state index is 13.1. The average Bonchev–Trinajstić information content (AvgIpc) is 1.95. The van der Waals surface area contributed by atoms with Crippen molar-refractivity contribution in [2.45, 2.75) is 400 Å². The van der Waals surface area contributed by atoms with Gasteiger partial charge >= 0.3 is 39.5 Å². The van der Waals surface area contributed by atoms with Crippen LogP contribution in [0.3, 0.4) is 0 Å². The van der Waals surface area contributed by atoms with Gasteiger partial charge in [0, 0.05) is 25.7 Å². The Hall–Kier alpha value is -1.94. The number of rotatable bonds is 73. The highest BCUT2D eigenvalue weighted by Crippen LogP contribution is 2.45. The number of phosphoric acid groups is 2. The molecule has 0 fully saturated rings. The lowest BCUT2D eigenvalue weighted by Crippen LogP contribution is -2.30. The number of aliphatic hydroxyl groups excluding tert-OH is 1. The molecule has 0 aliphatic carbocycles. The molecule has 0 bridgehead atoms. The van der Waals surface area contributed by atoms with Crippen LogP contribution >= 0.6 is 15.6 Å². The van der Waals surface area contributed by atoms with E-state index in [-0.39, 0.29) is 25.7 Å². The van der Waals surface area contributed by atoms with Gasteiger partial charge < -0.3 is 33.8 Å². The van der Waals surface area contributed by atoms with Crippen LogP contribution in [-0.2, 0) is 65.4 Å². The number of carbonyl (C=O) groups is 4. The summed E-state index contributed by atoms with van der Waals surface area (Å²) in [5, 5.41) is 10.6. The zero-order valence-corrected chi connectivity index (χ0v) is 62.3. The Morgan fingerprint density at radius 1 is 0.312 bits per heavy atom. The summed E-state index contributed by atoms with van der Waals surface area (Å²) in [5.41, 5.74) is 0. The minimum Gasteiger partial charge on any atom is -0.462 e. The van der Waals surface area contributed by atoms with Gasteiger partial charge in [0.15, 0.2) is 12.2 Å². The van der Waals surface area contributed by atoms with E-state index in [1.807, 2.05) is 0 Å². The maximum atomic E-state index is 13.1. The smallest absolute Gasteiger partial charge is 0.462 e. The van der Waals surface area contributed by atoms with E-state index < -0.39 is 97.5 Å². The number of phosphoric ester groups is 2. The highest BCUT2D eigenvalue weighted by molar-refractivity contribution is 7.47. The molecular formula is C74H144O17P2. The average molecular weight is 1370 g/mol. The summed E-state index contributed by atoms with van der Waals surface area (Å²) < 4.78 is 68.4. The van der Waals surface area contributed by atoms with Crippen LogP contribution < -0.4 is 0 Å². The zero-order chi connectivity index (χ0) is 68.6. The minimum absolute atomic E-state index is 0.104. The molecule has 0 spiro atoms. The van der Waals surface area contributed by atoms with Crippen LogP contribution in [0.15, 0.2) is 0 Å². The molecule has 0 rings (SSSR count). The molecule has 552 valence electrons. The third-order valence-electron chi connectivity index (χ3n) is 17.6. The molecule has 0 aromatic carbocycles. The summed E-state index contributed by atoms with van der Waals surface area (Å²) in [6, 6.07) is 0. The fourth-order valence-electron chi connectivity index (χ4n) is 11.3. The van der Waals surface area contributed by atoms with Crippen LogP contribution in [-0.4, -0.2) is 96.7 Å². The monoisotopic (exact) mass is 1370 g/mol. The fraction of sp³-hybridized carbons (Fsp3) is 0.946. The summed E-state index contributed by atoms with van der Waals surface area (Å²) in [5.74, 6) is -0.672. The SMILES string of the molecule is CCCCCCCCCCCCCCCCCCC(=O)OC[C@H](COP(=O)(O)OC[C@@H](O)COP(=O)(O)OC[C@@H](COC(=O)CCCCCCCCC(C)C)OC(=O)CCCCCCCCCCC(C)CC)OC(=O)CCCCCCCCCCCCCCCCCC. The Morgan fingerprint density at radius 3 is 0.817 bits per heavy atom. The van der Waals surface area contributed by atoms with Crippen molar-refractivity contribution >= 4 is 39.5 Å². The lowest BCUT2D eigenvalue weighted by atomic mass is 9.99. The van der Waals surface area contributed by atoms with Crippen LogP contribution in [0.1, 0.15) is 382 Å². The molecule has 3 N–H and O–H groups in total. The number of esters is 4. The molecule has 0 aliphatic rings. The molecule has 19 heteroatoms. The van der Waals surface area contributed by atoms with Gasteiger partial charge in [-0.1, -0.05) is 330 Å². The maximum Gasteiger partial charge on any atom is 0.472 e. The summed E-state index contributed by atoms with van der Waals surface area (Å²) in [6.07, 6.45) is 52.8. The molecule has 17 nitrogen and oxygen atoms in total. The van der Waals surface area contributed by atoms with E-state index >= 15 is 0 Å². The van der Waals surface area contributed by atoms with E-state index in [4.69, 9.17) is 37.0 Å². The summed E-state index contributed by atoms with van der Waals surface area (Å²) in [6.45, 7) is 9.50. The van der Waals surface area contributed by atoms with Crippen molar-refractivity contribution in [3.05, 3.63) is 0 Å². The Morgan fingerprint density at radius 2 is 0.548 bits per heavy atom. The van der Waals surface area contributed by atoms with Gasteiger partial charge in [-0.25, -0.2) is 9.13 Å². The van der Waals surface area contributed by atoms with Gasteiger partial charge in [-0.05, 0) is 37.5 Å². The van der Waals surface area contributed by atoms with Crippen molar-refractivity contribution in [3.63, 3.8) is 0 Å². The van der Waals surface area contributed by atoms with Crippen molar-refractivity contribution in [3.8, 4) is 0 Å². The van der Waals surface area contributed by atoms with Crippen LogP contribution in [0, 0.1) is 11.8 Å². The molecule has 0 saturated carbocycles. The van der Waals surface area contributed by atoms with Crippen molar-refractivity contribution in [2.75, 3.05) is 39.6 Å². The second-order valence-electron chi connectivity index (χ2n) is 27.4. The second-order valence-corrected chi connectivity index (χ2v) is 30.3. The lowest BCUT2D eigenvalue weighted by Gasteiger charge is -2.21. The van der Waals surface area contributed by atoms with Crippen LogP contribution in [0.25, 0.3) is 0 Å². The molecule has 0 radical (unpaired) electrons. The number of hydrogen-bond donors (Lipinski definition) is 3. The predicted octanol–water partition coefficient (Wildman–Crippen LogP) is 21.6. The number of aliphatic hydroxyl groups is 1. The fourth-order valence-corrected chi connectivity index (χ4v) is 12.8. The van der Waals surface area contributed by atoms with E-state index in [0.29, 0.717) is 31.6 Å². The van der Waals surface area contributed by atoms with Gasteiger partial charge in [0.05, 0.1) is 26.4 Å². The first-order chi connectivity index (χ1) is 44.9. The molecule has 0 aromatic heterocycles. The first-order valence-electron chi connectivity index (χ1n) is 38.5. The number of ether oxygens (including phenoxy) is 4. The normalized spacial score (nSPS) is 14.3. The highest BCUT2D eigenvalue weighted by atomic mass is 31.2. The first-order valence-corrected chi connectivity index (χ1v) is 41.5. The predicted molar refractivity (Wildman–Crippen MR) is 377 cm³/mol. The molecule has 0 amide bonds. The standard InChI is InChI=1S/C74H144O17P2/c1-7-10-12-14-16-18-20-22-24-26-28-30-32-37-44-50-56-71(76)84-62-69(90-73(78)58-52-46-38-33-31-29-27-25-23-21-19-17-15-13-11-8-2)64-88-92(80,81)86-60-68(75)61-87-93(82,83)89-65-70(63-85-72(77)57-51-45-41-40-42-48-54-66(4)5)91-74(79)59-53-47-39-35-34-36-43-49-55-67(6)9-3/h66-70,75H,7-65H2,1-6H3,(H,80,81)(H,82,83)/t67?,68-,69-,70-/m1/s1. The van der Waals surface area contributed by atoms with Gasteiger partial charge in [-0.2, -0.15) is 0 Å². The van der Waals surface area contributed by atoms with Gasteiger partial charge in [-0.15, -0.1) is 0 Å². The Kier molecular flexibility index (Phi) is 64.6. The second kappa shape index (κ2) is 66.0. The van der Waals surface area contributed by atoms with Crippen LogP contribution in [0.5, 0.6) is 0 Å². The number of hydrogen-bond acceptors (Lipinski definition) is 15. The molecular weight excluding hydrogens is 1220 g/mol. The van der Waals surface area contributed by atoms with E-state index in [2.05, 4.69) is 41.5 Å². The third kappa shape index (κ3) is 67.0. The van der Waals surface area contributed by atoms with Gasteiger partial charge in [0.1, 0.15) is 19.3 Å². The molecule has 3 unspecified atom stereocenters. The van der Waals surface area contributed by atoms with Crippen molar-refractivity contribution < 1.29 is 80.2 Å². The number of carbonyl (C=O) groups excluding carboxylic acids is 4. The Labute approximate surface area is 568 Å². The lowest BCUT2D eigenvalue weighted by molar-refractivity contribution is -0.161. The van der Waals surface area contributed by atoms with Gasteiger partial charge in [0.2, 0.25) is 0 Å². The highest BCUT2D eigenvalue weighted by Gasteiger charge is 2.30. The van der Waals surface area contributed by atoms with E-state index in [9.17, 15) is 43.2 Å². The first kappa shape index (κ1) is 91.1. The molecule has 6 atom stereocenters. The van der Waals surface area contributed by atoms with E-state index in [0.717, 1.165) is 102 Å². The molecule has 0 heterocycles. The number of unbranched alkanes of at least 4 members (excludes halogenated alkanes) is 42. The van der Waals surface area contributed by atoms with E-state index in [1.54, 1.807) is 0 Å². The summed E-state index contributed by atoms with van der Waals surface area (Å²) in [4.78, 5) is 72.7. The molecule has 93 heavy (non-hydrogen) atoms. The largest absolute Gasteiger partial charge is 0.472 e. The summed E-state index contributed by atoms with van der Waals surface area (Å²) >= 11 is 0. The Balaban J connectivity index is 5.24. The quantitative estimate of drug-likeness (QED) is 0.0222. The van der Waals surface area contributed by atoms with Crippen molar-refractivity contribution in [2.24, 2.45) is 11.8 Å². The van der Waals surface area contributed by atoms with Crippen molar-refractivity contribution in [1.29, 1.82) is 0 Å². The molecule has 0 aliphatic heterocycles. The van der Waals surface area contributed by atoms with Gasteiger partial charge in [-0.3, -0.25) is 37.3 Å².